The Morgan fingerprint density at radius 3 is 2.12 bits per heavy atom. The van der Waals surface area contributed by atoms with E-state index in [1.165, 1.54) is 4.31 Å². The summed E-state index contributed by atoms with van der Waals surface area (Å²) in [5.74, 6) is 0. The van der Waals surface area contributed by atoms with Crippen molar-refractivity contribution in [3.63, 3.8) is 0 Å². The quantitative estimate of drug-likeness (QED) is 0.265. The van der Waals surface area contributed by atoms with Crippen LogP contribution in [-0.4, -0.2) is 56.7 Å². The number of carbonyl (C=O) groups is 2. The lowest BCUT2D eigenvalue weighted by Crippen LogP contribution is -2.36. The Hall–Kier alpha value is -3.63. The van der Waals surface area contributed by atoms with Crippen LogP contribution in [-0.2, 0) is 26.1 Å². The number of ether oxygens (including phenoxy) is 2. The first-order valence-corrected chi connectivity index (χ1v) is 14.9. The monoisotopic (exact) mass is 569 g/mol. The summed E-state index contributed by atoms with van der Waals surface area (Å²) in [6.07, 6.45) is 0.463. The van der Waals surface area contributed by atoms with Gasteiger partial charge < -0.3 is 20.1 Å². The van der Waals surface area contributed by atoms with E-state index in [9.17, 15) is 18.0 Å². The Kier molecular flexibility index (Phi) is 11.3. The van der Waals surface area contributed by atoms with Gasteiger partial charge in [0.25, 0.3) is 0 Å². The number of fused-ring (bicyclic) bond motifs is 1. The van der Waals surface area contributed by atoms with Crippen molar-refractivity contribution in [2.24, 2.45) is 0 Å². The molecule has 0 atom stereocenters. The summed E-state index contributed by atoms with van der Waals surface area (Å²) in [5, 5.41) is 7.19. The number of rotatable bonds is 13. The molecular weight excluding hydrogens is 530 g/mol. The van der Waals surface area contributed by atoms with Gasteiger partial charge in [-0.1, -0.05) is 60.7 Å². The fraction of sp³-hybridized carbons (Fsp3) is 0.400. The third kappa shape index (κ3) is 10.2. The van der Waals surface area contributed by atoms with Gasteiger partial charge in [-0.05, 0) is 68.5 Å². The van der Waals surface area contributed by atoms with E-state index in [0.29, 0.717) is 25.8 Å². The highest BCUT2D eigenvalue weighted by Crippen LogP contribution is 2.22. The van der Waals surface area contributed by atoms with Crippen molar-refractivity contribution in [3.05, 3.63) is 78.4 Å². The number of carbonyl (C=O) groups excluding carboxylic acids is 2. The lowest BCUT2D eigenvalue weighted by atomic mass is 10.1. The van der Waals surface area contributed by atoms with Crippen molar-refractivity contribution in [2.45, 2.75) is 57.1 Å². The molecule has 3 rings (SSSR count). The van der Waals surface area contributed by atoms with Crippen LogP contribution >= 0.6 is 0 Å². The van der Waals surface area contributed by atoms with E-state index in [0.717, 1.165) is 16.3 Å². The zero-order valence-electron chi connectivity index (χ0n) is 23.4. The van der Waals surface area contributed by atoms with Crippen LogP contribution in [0.1, 0.15) is 45.6 Å². The maximum atomic E-state index is 13.6. The fourth-order valence-corrected chi connectivity index (χ4v) is 5.52. The average molecular weight is 570 g/mol. The van der Waals surface area contributed by atoms with Crippen molar-refractivity contribution in [1.82, 2.24) is 14.9 Å². The molecule has 0 saturated carbocycles. The highest BCUT2D eigenvalue weighted by molar-refractivity contribution is 7.89. The first-order valence-electron chi connectivity index (χ1n) is 13.4. The van der Waals surface area contributed by atoms with Crippen LogP contribution in [0.5, 0.6) is 0 Å². The van der Waals surface area contributed by atoms with Gasteiger partial charge in [0, 0.05) is 26.2 Å². The van der Waals surface area contributed by atoms with Crippen molar-refractivity contribution < 1.29 is 27.5 Å². The number of hydrogen-bond acceptors (Lipinski definition) is 6. The number of sulfonamides is 1. The van der Waals surface area contributed by atoms with Crippen molar-refractivity contribution in [2.75, 3.05) is 26.2 Å². The molecule has 3 aromatic carbocycles. The van der Waals surface area contributed by atoms with Gasteiger partial charge in [-0.15, -0.1) is 0 Å². The second-order valence-corrected chi connectivity index (χ2v) is 12.3. The third-order valence-corrected chi connectivity index (χ3v) is 7.82. The lowest BCUT2D eigenvalue weighted by molar-refractivity contribution is 0.0526. The van der Waals surface area contributed by atoms with Crippen LogP contribution in [0.4, 0.5) is 9.59 Å². The summed E-state index contributed by atoms with van der Waals surface area (Å²) in [6, 6.07) is 22.1. The first-order chi connectivity index (χ1) is 19.0. The van der Waals surface area contributed by atoms with E-state index in [1.807, 2.05) is 54.6 Å². The second-order valence-electron chi connectivity index (χ2n) is 10.4. The molecule has 9 nitrogen and oxygen atoms in total. The summed E-state index contributed by atoms with van der Waals surface area (Å²) in [5.41, 5.74) is 0.294. The van der Waals surface area contributed by atoms with Crippen LogP contribution in [0.2, 0.25) is 0 Å². The van der Waals surface area contributed by atoms with Crippen LogP contribution in [0.25, 0.3) is 10.8 Å². The Morgan fingerprint density at radius 1 is 0.775 bits per heavy atom. The third-order valence-electron chi connectivity index (χ3n) is 5.93. The summed E-state index contributed by atoms with van der Waals surface area (Å²) in [6.45, 7) is 6.65. The minimum Gasteiger partial charge on any atom is -0.445 e. The summed E-state index contributed by atoms with van der Waals surface area (Å²) >= 11 is 0. The molecular formula is C30H39N3O6S. The minimum absolute atomic E-state index is 0.159. The standard InChI is InChI=1S/C30H39N3O6S/c1-30(2,3)39-29(35)32-18-9-10-20-33(21-11-19-31-28(34)38-23-24-12-5-4-6-13-24)40(36,37)27-17-16-25-14-7-8-15-26(25)22-27/h4-8,12-17,22H,9-11,18-21,23H2,1-3H3,(H,31,34)(H,32,35). The molecule has 0 aliphatic carbocycles. The van der Waals surface area contributed by atoms with Crippen LogP contribution in [0.3, 0.4) is 0 Å². The van der Waals surface area contributed by atoms with Crippen molar-refractivity contribution in [1.29, 1.82) is 0 Å². The number of unbranched alkanes of at least 4 members (excludes halogenated alkanes) is 1. The maximum absolute atomic E-state index is 13.6. The van der Waals surface area contributed by atoms with Gasteiger partial charge in [-0.3, -0.25) is 0 Å². The lowest BCUT2D eigenvalue weighted by Gasteiger charge is -2.23. The highest BCUT2D eigenvalue weighted by atomic mass is 32.2. The van der Waals surface area contributed by atoms with E-state index < -0.39 is 27.8 Å². The smallest absolute Gasteiger partial charge is 0.407 e. The van der Waals surface area contributed by atoms with Crippen LogP contribution < -0.4 is 10.6 Å². The number of nitrogens with one attached hydrogen (secondary N) is 2. The van der Waals surface area contributed by atoms with Crippen molar-refractivity contribution >= 4 is 33.0 Å². The molecule has 0 aliphatic rings. The van der Waals surface area contributed by atoms with Gasteiger partial charge in [0.1, 0.15) is 12.2 Å². The molecule has 0 unspecified atom stereocenters. The van der Waals surface area contributed by atoms with E-state index in [4.69, 9.17) is 9.47 Å². The molecule has 0 aromatic heterocycles. The molecule has 40 heavy (non-hydrogen) atoms. The Bertz CT molecular complexity index is 1360. The predicted molar refractivity (Wildman–Crippen MR) is 155 cm³/mol. The molecule has 0 spiro atoms. The van der Waals surface area contributed by atoms with Gasteiger partial charge in [0.05, 0.1) is 4.90 Å². The predicted octanol–water partition coefficient (Wildman–Crippen LogP) is 5.45. The summed E-state index contributed by atoms with van der Waals surface area (Å²) in [4.78, 5) is 24.2. The molecule has 3 aromatic rings. The molecule has 0 heterocycles. The molecule has 0 aliphatic heterocycles. The summed E-state index contributed by atoms with van der Waals surface area (Å²) < 4.78 is 39.1. The largest absolute Gasteiger partial charge is 0.445 e. The van der Waals surface area contributed by atoms with E-state index in [-0.39, 0.29) is 31.1 Å². The fourth-order valence-electron chi connectivity index (χ4n) is 3.97. The number of amides is 2. The first kappa shape index (κ1) is 30.9. The van der Waals surface area contributed by atoms with Crippen LogP contribution in [0, 0.1) is 0 Å². The summed E-state index contributed by atoms with van der Waals surface area (Å²) in [7, 11) is -3.79. The SMILES string of the molecule is CC(C)(C)OC(=O)NCCCCN(CCCNC(=O)OCc1ccccc1)S(=O)(=O)c1ccc2ccccc2c1. The van der Waals surface area contributed by atoms with E-state index >= 15 is 0 Å². The molecule has 0 radical (unpaired) electrons. The normalized spacial score (nSPS) is 11.8. The molecule has 0 bridgehead atoms. The van der Waals surface area contributed by atoms with Crippen LogP contribution in [0.15, 0.2) is 77.7 Å². The molecule has 2 amide bonds. The van der Waals surface area contributed by atoms with Gasteiger partial charge in [-0.25, -0.2) is 18.0 Å². The van der Waals surface area contributed by atoms with Gasteiger partial charge in [0.2, 0.25) is 10.0 Å². The molecule has 216 valence electrons. The van der Waals surface area contributed by atoms with Gasteiger partial charge in [0.15, 0.2) is 0 Å². The number of hydrogen-bond donors (Lipinski definition) is 2. The topological polar surface area (TPSA) is 114 Å². The Labute approximate surface area is 236 Å². The van der Waals surface area contributed by atoms with Crippen molar-refractivity contribution in [3.8, 4) is 0 Å². The zero-order chi connectivity index (χ0) is 29.0. The number of nitrogens with zero attached hydrogens (tertiary/aromatic N) is 1. The number of benzene rings is 3. The maximum Gasteiger partial charge on any atom is 0.407 e. The molecule has 0 fully saturated rings. The van der Waals surface area contributed by atoms with Gasteiger partial charge >= 0.3 is 12.2 Å². The zero-order valence-corrected chi connectivity index (χ0v) is 24.2. The Morgan fingerprint density at radius 2 is 1.40 bits per heavy atom. The number of alkyl carbamates (subject to hydrolysis) is 2. The van der Waals surface area contributed by atoms with E-state index in [1.54, 1.807) is 39.0 Å². The highest BCUT2D eigenvalue weighted by Gasteiger charge is 2.24. The molecule has 0 saturated heterocycles. The van der Waals surface area contributed by atoms with Gasteiger partial charge in [-0.2, -0.15) is 4.31 Å². The second kappa shape index (κ2) is 14.7. The Balaban J connectivity index is 1.56. The molecule has 10 heteroatoms. The average Bonchev–Trinajstić information content (AvgIpc) is 2.92. The van der Waals surface area contributed by atoms with E-state index in [2.05, 4.69) is 10.6 Å². The molecule has 2 N–H and O–H groups in total. The minimum atomic E-state index is -3.79.